The highest BCUT2D eigenvalue weighted by Crippen LogP contribution is 2.30. The Morgan fingerprint density at radius 1 is 0.283 bits per heavy atom. The molecule has 0 aromatic heterocycles. The summed E-state index contributed by atoms with van der Waals surface area (Å²) >= 11 is 0. The summed E-state index contributed by atoms with van der Waals surface area (Å²) in [6.45, 7) is 73.5. The van der Waals surface area contributed by atoms with E-state index in [4.69, 9.17) is 9.47 Å². The topological polar surface area (TPSA) is 280 Å². The number of sulfonamides is 3. The van der Waals surface area contributed by atoms with Crippen LogP contribution in [0.15, 0.2) is 0 Å². The molecule has 31 heteroatoms. The molecule has 0 bridgehead atoms. The molecule has 3 aliphatic heterocycles. The molecule has 4 saturated carbocycles. The molecule has 0 N–H and O–H groups in total. The van der Waals surface area contributed by atoms with Crippen molar-refractivity contribution in [3.05, 3.63) is 0 Å². The van der Waals surface area contributed by atoms with Crippen molar-refractivity contribution in [2.24, 2.45) is 0 Å². The fraction of sp³-hybridized carbons (Fsp3) is 1.00. The van der Waals surface area contributed by atoms with Crippen LogP contribution in [0.1, 0.15) is 416 Å². The molecule has 3 saturated heterocycles. The second kappa shape index (κ2) is 90.1. The van der Waals surface area contributed by atoms with Crippen LogP contribution in [0.5, 0.6) is 0 Å². The van der Waals surface area contributed by atoms with Gasteiger partial charge in [-0.15, -0.1) is 0 Å². The average molecular weight is 1880 g/mol. The van der Waals surface area contributed by atoms with Crippen molar-refractivity contribution in [2.75, 3.05) is 100 Å². The summed E-state index contributed by atoms with van der Waals surface area (Å²) in [5.74, 6) is 0. The lowest BCUT2D eigenvalue weighted by molar-refractivity contribution is -0.110. The van der Waals surface area contributed by atoms with Gasteiger partial charge in [-0.3, -0.25) is 0 Å². The molecule has 21 nitrogen and oxygen atoms in total. The van der Waals surface area contributed by atoms with Crippen LogP contribution in [0.3, 0.4) is 0 Å². The number of ether oxygens (including phenoxy) is 3. The second-order valence-electron chi connectivity index (χ2n) is 31.7. The molecular formula is C89H203F3N4O17S7. The number of alkyl halides is 3. The zero-order valence-corrected chi connectivity index (χ0v) is 90.9. The molecule has 7 aliphatic rings. The quantitative estimate of drug-likeness (QED) is 0.156. The van der Waals surface area contributed by atoms with E-state index in [2.05, 4.69) is 107 Å². The number of hydrogen-bond donors (Lipinski definition) is 0. The van der Waals surface area contributed by atoms with E-state index in [1.165, 1.54) is 79.2 Å². The lowest BCUT2D eigenvalue weighted by atomic mass is 10.0. The van der Waals surface area contributed by atoms with Gasteiger partial charge in [-0.2, -0.15) is 26.1 Å². The fourth-order valence-corrected chi connectivity index (χ4v) is 21.5. The molecule has 0 radical (unpaired) electrons. The number of likely N-dealkylation sites (N-methyl/N-ethyl adjacent to an activating group) is 1. The first-order chi connectivity index (χ1) is 55.5. The Bertz CT molecular complexity index is 2490. The maximum absolute atomic E-state index is 11.7. The number of hydrogen-bond acceptors (Lipinski definition) is 18. The molecule has 0 spiro atoms. The van der Waals surface area contributed by atoms with Gasteiger partial charge in [-0.25, -0.2) is 58.9 Å². The first-order valence-electron chi connectivity index (χ1n) is 46.7. The molecule has 120 heavy (non-hydrogen) atoms. The maximum atomic E-state index is 11.7. The van der Waals surface area contributed by atoms with Crippen LogP contribution in [0, 0.1) is 0 Å². The van der Waals surface area contributed by atoms with Crippen LogP contribution < -0.4 is 0 Å². The van der Waals surface area contributed by atoms with Crippen LogP contribution in [0.2, 0.25) is 0 Å². The van der Waals surface area contributed by atoms with E-state index in [0.29, 0.717) is 65.7 Å². The number of sulfone groups is 4. The summed E-state index contributed by atoms with van der Waals surface area (Å²) < 4.78 is 213. The van der Waals surface area contributed by atoms with E-state index in [0.717, 1.165) is 116 Å². The highest BCUT2D eigenvalue weighted by Gasteiger charge is 2.34. The normalized spacial score (nSPS) is 17.2. The SMILES string of the molecule is CC.CC.CC.CC(C)S(=O)(=O)C1CCCCC1.CC(C)S(=O)(=O)C1CCCCC1.CC(C)S(=O)(=O)C1CCCCC1.CC(C)S(=O)(=O)C1CCCCC1.CC(C)S(=O)(=O)N1CCN(C)CC1.CC(C)S(=O)(=O)N1CCOCC1.CC(C)S(=O)(=O)N1CCOCC1.CC(F)(F)F.CCC.CCC.CCC.CCC.CCC.CCC.CCC.COC. The van der Waals surface area contributed by atoms with Gasteiger partial charge in [0.05, 0.1) is 84.2 Å². The number of halogens is 3. The minimum atomic E-state index is -4.00. The van der Waals surface area contributed by atoms with Crippen LogP contribution in [0.4, 0.5) is 13.2 Å². The Labute approximate surface area is 748 Å². The third-order valence-corrected chi connectivity index (χ3v) is 34.7. The molecule has 4 aliphatic carbocycles. The van der Waals surface area contributed by atoms with E-state index >= 15 is 0 Å². The summed E-state index contributed by atoms with van der Waals surface area (Å²) in [6, 6.07) is 0. The van der Waals surface area contributed by atoms with Crippen molar-refractivity contribution in [3.63, 3.8) is 0 Å². The van der Waals surface area contributed by atoms with Crippen molar-refractivity contribution in [1.29, 1.82) is 0 Å². The molecule has 0 aromatic carbocycles. The number of rotatable bonds is 14. The van der Waals surface area contributed by atoms with Crippen molar-refractivity contribution >= 4 is 69.4 Å². The van der Waals surface area contributed by atoms with Gasteiger partial charge in [0, 0.05) is 73.5 Å². The third kappa shape index (κ3) is 79.3. The summed E-state index contributed by atoms with van der Waals surface area (Å²) in [5, 5.41) is -1.86. The Morgan fingerprint density at radius 3 is 0.525 bits per heavy atom. The van der Waals surface area contributed by atoms with Gasteiger partial charge in [-0.1, -0.05) is 260 Å². The number of piperazine rings is 1. The van der Waals surface area contributed by atoms with E-state index in [9.17, 15) is 72.1 Å². The van der Waals surface area contributed by atoms with Crippen molar-refractivity contribution in [3.8, 4) is 0 Å². The Balaban J connectivity index is -0.000000106. The number of nitrogens with zero attached hydrogens (tertiary/aromatic N) is 4. The van der Waals surface area contributed by atoms with Gasteiger partial charge in [-0.05, 0) is 155 Å². The molecule has 0 amide bonds. The summed E-state index contributed by atoms with van der Waals surface area (Å²) in [6.07, 6.45) is 25.5. The van der Waals surface area contributed by atoms with E-state index in [-0.39, 0.29) is 64.7 Å². The van der Waals surface area contributed by atoms with E-state index in [1.54, 1.807) is 115 Å². The largest absolute Gasteiger partial charge is 0.388 e. The molecule has 0 aromatic rings. The maximum Gasteiger partial charge on any atom is 0.386 e. The Hall–Kier alpha value is -0.840. The predicted molar refractivity (Wildman–Crippen MR) is 520 cm³/mol. The van der Waals surface area contributed by atoms with Gasteiger partial charge in [0.15, 0.2) is 39.3 Å². The van der Waals surface area contributed by atoms with E-state index in [1.807, 2.05) is 48.6 Å². The molecule has 0 unspecified atom stereocenters. The summed E-state index contributed by atoms with van der Waals surface area (Å²) in [7, 11) is -15.0. The first kappa shape index (κ1) is 145. The van der Waals surface area contributed by atoms with Crippen LogP contribution in [-0.2, 0) is 83.6 Å². The van der Waals surface area contributed by atoms with Gasteiger partial charge in [0.1, 0.15) is 0 Å². The molecule has 744 valence electrons. The summed E-state index contributed by atoms with van der Waals surface area (Å²) in [4.78, 5) is 2.15. The monoisotopic (exact) mass is 1880 g/mol. The lowest BCUT2D eigenvalue weighted by Crippen LogP contribution is -2.49. The smallest absolute Gasteiger partial charge is 0.386 e. The van der Waals surface area contributed by atoms with E-state index < -0.39 is 75.6 Å². The first-order valence-corrected chi connectivity index (χ1v) is 57.7. The zero-order chi connectivity index (χ0) is 97.4. The number of methoxy groups -OCH3 is 1. The molecule has 7 rings (SSSR count). The summed E-state index contributed by atoms with van der Waals surface area (Å²) in [5.41, 5.74) is 0. The molecule has 0 atom stereocenters. The molecule has 3 heterocycles. The van der Waals surface area contributed by atoms with Crippen LogP contribution in [0.25, 0.3) is 0 Å². The highest BCUT2D eigenvalue weighted by atomic mass is 32.2. The minimum Gasteiger partial charge on any atom is -0.388 e. The van der Waals surface area contributed by atoms with Gasteiger partial charge in [0.2, 0.25) is 30.1 Å². The van der Waals surface area contributed by atoms with Gasteiger partial charge >= 0.3 is 6.18 Å². The fourth-order valence-electron chi connectivity index (χ4n) is 10.7. The third-order valence-electron chi connectivity index (χ3n) is 17.0. The van der Waals surface area contributed by atoms with Crippen molar-refractivity contribution in [2.45, 2.75) is 480 Å². The molecular weight excluding hydrogens is 1680 g/mol. The lowest BCUT2D eigenvalue weighted by Gasteiger charge is -2.32. The molecule has 7 fully saturated rings. The van der Waals surface area contributed by atoms with Gasteiger partial charge < -0.3 is 19.1 Å². The number of morpholine rings is 2. The average Bonchev–Trinajstić information content (AvgIpc) is 0.857. The Morgan fingerprint density at radius 2 is 0.408 bits per heavy atom. The Kier molecular flexibility index (Phi) is 109. The van der Waals surface area contributed by atoms with Crippen molar-refractivity contribution in [1.82, 2.24) is 17.8 Å². The van der Waals surface area contributed by atoms with Crippen LogP contribution in [-0.4, -0.2) is 241 Å². The zero-order valence-electron chi connectivity index (χ0n) is 85.1. The van der Waals surface area contributed by atoms with Gasteiger partial charge in [0.25, 0.3) is 0 Å². The predicted octanol–water partition coefficient (Wildman–Crippen LogP) is 23.5. The van der Waals surface area contributed by atoms with Crippen molar-refractivity contribution < 1.29 is 86.3 Å². The standard InChI is InChI=1S/4C9H18O2S.C8H18N2O2S.2C7H15NO3S.7C3H8.C2H3F3.C2H6O.3C2H6/c4*1-8(2)12(10,11)9-6-4-3-5-7-9;1-8(2)13(11,12)10-6-4-9(3)5-7-10;2*1-7(2)12(9,10)8-3-5-11-6-4-8;7*1-3-2;1-2(3,4)5;1-3-2;3*1-2/h4*8-9H,3-7H2,1-2H3;8H,4-7H2,1-3H3;2*7H,3-6H2,1-2H3;7*3H2,1-2H3;1H3;1-2H3;3*1-2H3. The minimum absolute atomic E-state index is 0.0359. The second-order valence-corrected chi connectivity index (χ2v) is 50.4. The highest BCUT2D eigenvalue weighted by molar-refractivity contribution is 7.93. The van der Waals surface area contributed by atoms with Crippen LogP contribution >= 0.6 is 0 Å².